The Morgan fingerprint density at radius 1 is 1.19 bits per heavy atom. The van der Waals surface area contributed by atoms with Gasteiger partial charge in [-0.05, 0) is 40.2 Å². The monoisotopic (exact) mass is 374 g/mol. The molecule has 116 valence electrons. The summed E-state index contributed by atoms with van der Waals surface area (Å²) in [5, 5.41) is 1.47. The average Bonchev–Trinajstić information content (AvgIpc) is 2.60. The number of benzene rings is 1. The number of hydrogen-bond acceptors (Lipinski definition) is 3. The van der Waals surface area contributed by atoms with Crippen LogP contribution in [0.25, 0.3) is 0 Å². The van der Waals surface area contributed by atoms with Crippen molar-refractivity contribution in [3.8, 4) is 5.75 Å². The minimum absolute atomic E-state index is 0.381. The lowest BCUT2D eigenvalue weighted by Crippen LogP contribution is -2.41. The standard InChI is InChI=1S/C15H21BBrClO3/c1-14(2)15(3,4)21-16(20-14)11-7-5-8-12(13(11)18)19-10-6-9-17/h5,7-8H,6,9-10H2,1-4H3. The quantitative estimate of drug-likeness (QED) is 0.445. The SMILES string of the molecule is CC1(C)OB(c2cccc(OCCCBr)c2Cl)OC1(C)C. The average molecular weight is 375 g/mol. The van der Waals surface area contributed by atoms with E-state index >= 15 is 0 Å². The van der Waals surface area contributed by atoms with Crippen LogP contribution in [-0.2, 0) is 9.31 Å². The van der Waals surface area contributed by atoms with Gasteiger partial charge in [0.1, 0.15) is 5.75 Å². The Bertz CT molecular complexity index is 492. The van der Waals surface area contributed by atoms with Crippen molar-refractivity contribution in [1.82, 2.24) is 0 Å². The molecule has 0 unspecified atom stereocenters. The first-order valence-electron chi connectivity index (χ1n) is 7.11. The summed E-state index contributed by atoms with van der Waals surface area (Å²) < 4.78 is 17.8. The molecule has 0 atom stereocenters. The summed E-state index contributed by atoms with van der Waals surface area (Å²) in [4.78, 5) is 0. The largest absolute Gasteiger partial charge is 0.496 e. The normalized spacial score (nSPS) is 19.8. The number of rotatable bonds is 5. The summed E-state index contributed by atoms with van der Waals surface area (Å²) in [6.07, 6.45) is 0.928. The van der Waals surface area contributed by atoms with Gasteiger partial charge in [0, 0.05) is 10.8 Å². The number of alkyl halides is 1. The number of ether oxygens (including phenoxy) is 1. The smallest absolute Gasteiger partial charge is 0.492 e. The second kappa shape index (κ2) is 6.49. The second-order valence-electron chi connectivity index (χ2n) is 6.14. The van der Waals surface area contributed by atoms with Crippen LogP contribution in [0, 0.1) is 0 Å². The highest BCUT2D eigenvalue weighted by Crippen LogP contribution is 2.37. The fourth-order valence-corrected chi connectivity index (χ4v) is 2.53. The van der Waals surface area contributed by atoms with Crippen molar-refractivity contribution in [3.05, 3.63) is 23.2 Å². The molecule has 0 amide bonds. The van der Waals surface area contributed by atoms with Gasteiger partial charge >= 0.3 is 7.12 Å². The van der Waals surface area contributed by atoms with Gasteiger partial charge in [-0.15, -0.1) is 0 Å². The van der Waals surface area contributed by atoms with E-state index in [1.807, 2.05) is 45.9 Å². The van der Waals surface area contributed by atoms with Gasteiger partial charge in [0.05, 0.1) is 22.8 Å². The van der Waals surface area contributed by atoms with E-state index in [-0.39, 0.29) is 11.2 Å². The van der Waals surface area contributed by atoms with Gasteiger partial charge < -0.3 is 14.0 Å². The van der Waals surface area contributed by atoms with Crippen LogP contribution in [0.4, 0.5) is 0 Å². The Kier molecular flexibility index (Phi) is 5.29. The van der Waals surface area contributed by atoms with Crippen molar-refractivity contribution in [1.29, 1.82) is 0 Å². The van der Waals surface area contributed by atoms with Crippen molar-refractivity contribution in [2.24, 2.45) is 0 Å². The molecule has 1 aliphatic heterocycles. The van der Waals surface area contributed by atoms with Crippen LogP contribution >= 0.6 is 27.5 Å². The molecule has 6 heteroatoms. The first-order valence-corrected chi connectivity index (χ1v) is 8.61. The summed E-state index contributed by atoms with van der Waals surface area (Å²) in [6, 6.07) is 5.70. The van der Waals surface area contributed by atoms with Gasteiger partial charge in [0.15, 0.2) is 0 Å². The van der Waals surface area contributed by atoms with E-state index in [0.717, 1.165) is 17.2 Å². The van der Waals surface area contributed by atoms with Crippen molar-refractivity contribution >= 4 is 40.1 Å². The minimum atomic E-state index is -0.470. The predicted molar refractivity (Wildman–Crippen MR) is 91.1 cm³/mol. The Balaban J connectivity index is 2.20. The highest BCUT2D eigenvalue weighted by Gasteiger charge is 2.52. The van der Waals surface area contributed by atoms with E-state index in [2.05, 4.69) is 15.9 Å². The molecule has 1 heterocycles. The van der Waals surface area contributed by atoms with Crippen LogP contribution < -0.4 is 10.2 Å². The van der Waals surface area contributed by atoms with Gasteiger partial charge in [-0.1, -0.05) is 39.7 Å². The Morgan fingerprint density at radius 3 is 2.38 bits per heavy atom. The molecule has 1 aromatic carbocycles. The molecule has 21 heavy (non-hydrogen) atoms. The van der Waals surface area contributed by atoms with E-state index in [0.29, 0.717) is 17.4 Å². The van der Waals surface area contributed by atoms with E-state index < -0.39 is 7.12 Å². The Hall–Kier alpha value is -0.225. The third-order valence-corrected chi connectivity index (χ3v) is 5.00. The van der Waals surface area contributed by atoms with Gasteiger partial charge in [0.2, 0.25) is 0 Å². The lowest BCUT2D eigenvalue weighted by molar-refractivity contribution is 0.00578. The second-order valence-corrected chi connectivity index (χ2v) is 7.31. The number of halogens is 2. The van der Waals surface area contributed by atoms with Crippen molar-refractivity contribution < 1.29 is 14.0 Å². The fourth-order valence-electron chi connectivity index (χ4n) is 2.03. The molecule has 1 aliphatic rings. The Labute approximate surface area is 140 Å². The van der Waals surface area contributed by atoms with Crippen LogP contribution in [0.15, 0.2) is 18.2 Å². The van der Waals surface area contributed by atoms with Crippen molar-refractivity contribution in [2.75, 3.05) is 11.9 Å². The van der Waals surface area contributed by atoms with Gasteiger partial charge in [-0.25, -0.2) is 0 Å². The molecular formula is C15H21BBrClO3. The Morgan fingerprint density at radius 2 is 1.81 bits per heavy atom. The highest BCUT2D eigenvalue weighted by molar-refractivity contribution is 9.09. The van der Waals surface area contributed by atoms with E-state index in [9.17, 15) is 0 Å². The summed E-state index contributed by atoms with van der Waals surface area (Å²) in [5.74, 6) is 0.671. The minimum Gasteiger partial charge on any atom is -0.492 e. The molecule has 1 aromatic rings. The molecule has 0 N–H and O–H groups in total. The molecule has 1 saturated heterocycles. The van der Waals surface area contributed by atoms with Crippen LogP contribution in [0.2, 0.25) is 5.02 Å². The molecule has 0 aromatic heterocycles. The lowest BCUT2D eigenvalue weighted by atomic mass is 9.79. The summed E-state index contributed by atoms with van der Waals surface area (Å²) in [6.45, 7) is 8.72. The molecule has 0 saturated carbocycles. The maximum absolute atomic E-state index is 6.46. The first-order chi connectivity index (χ1) is 9.78. The van der Waals surface area contributed by atoms with Gasteiger partial charge in [-0.2, -0.15) is 0 Å². The molecule has 1 fully saturated rings. The highest BCUT2D eigenvalue weighted by atomic mass is 79.9. The van der Waals surface area contributed by atoms with Gasteiger partial charge in [0.25, 0.3) is 0 Å². The maximum Gasteiger partial charge on any atom is 0.496 e. The maximum atomic E-state index is 6.46. The first kappa shape index (κ1) is 17.1. The van der Waals surface area contributed by atoms with Gasteiger partial charge in [-0.3, -0.25) is 0 Å². The zero-order chi connectivity index (χ0) is 15.7. The number of hydrogen-bond donors (Lipinski definition) is 0. The third-order valence-electron chi connectivity index (χ3n) is 4.04. The van der Waals surface area contributed by atoms with Crippen LogP contribution in [-0.4, -0.2) is 30.3 Å². The third kappa shape index (κ3) is 3.58. The molecular weight excluding hydrogens is 354 g/mol. The molecule has 0 spiro atoms. The molecule has 0 bridgehead atoms. The van der Waals surface area contributed by atoms with Crippen LogP contribution in [0.3, 0.4) is 0 Å². The fraction of sp³-hybridized carbons (Fsp3) is 0.600. The van der Waals surface area contributed by atoms with Crippen molar-refractivity contribution in [2.45, 2.75) is 45.3 Å². The topological polar surface area (TPSA) is 27.7 Å². The molecule has 0 aliphatic carbocycles. The molecule has 3 nitrogen and oxygen atoms in total. The zero-order valence-corrected chi connectivity index (χ0v) is 15.3. The van der Waals surface area contributed by atoms with Crippen molar-refractivity contribution in [3.63, 3.8) is 0 Å². The lowest BCUT2D eigenvalue weighted by Gasteiger charge is -2.32. The molecule has 2 rings (SSSR count). The summed E-state index contributed by atoms with van der Waals surface area (Å²) >= 11 is 9.84. The zero-order valence-electron chi connectivity index (χ0n) is 12.9. The predicted octanol–water partition coefficient (Wildman–Crippen LogP) is 3.80. The van der Waals surface area contributed by atoms with Crippen LogP contribution in [0.5, 0.6) is 5.75 Å². The summed E-state index contributed by atoms with van der Waals surface area (Å²) in [5.41, 5.74) is 0.0495. The van der Waals surface area contributed by atoms with E-state index in [1.54, 1.807) is 0 Å². The molecule has 0 radical (unpaired) electrons. The summed E-state index contributed by atoms with van der Waals surface area (Å²) in [7, 11) is -0.470. The van der Waals surface area contributed by atoms with E-state index in [4.69, 9.17) is 25.6 Å². The van der Waals surface area contributed by atoms with Crippen LogP contribution in [0.1, 0.15) is 34.1 Å². The van der Waals surface area contributed by atoms with E-state index in [1.165, 1.54) is 0 Å².